The Labute approximate surface area is 92.9 Å². The number of hydrogen-bond acceptors (Lipinski definition) is 3. The maximum Gasteiger partial charge on any atom is 0.146 e. The first kappa shape index (κ1) is 10.2. The minimum Gasteiger partial charge on any atom is -0.298 e. The predicted molar refractivity (Wildman–Crippen MR) is 63.2 cm³/mol. The predicted octanol–water partition coefficient (Wildman–Crippen LogP) is 3.31. The maximum atomic E-state index is 11.4. The first-order valence-corrected chi connectivity index (χ1v) is 6.72. The molecular formula is C11H14OS2. The van der Waals surface area contributed by atoms with Crippen LogP contribution in [0.1, 0.15) is 31.1 Å². The Kier molecular flexibility index (Phi) is 2.98. The summed E-state index contributed by atoms with van der Waals surface area (Å²) in [7, 11) is 0. The van der Waals surface area contributed by atoms with Crippen LogP contribution in [-0.4, -0.2) is 16.3 Å². The first-order chi connectivity index (χ1) is 6.68. The molecule has 3 heteroatoms. The third-order valence-corrected chi connectivity index (χ3v) is 5.45. The fourth-order valence-corrected chi connectivity index (χ4v) is 4.13. The van der Waals surface area contributed by atoms with E-state index in [-0.39, 0.29) is 5.25 Å². The van der Waals surface area contributed by atoms with Crippen LogP contribution in [0, 0.1) is 0 Å². The van der Waals surface area contributed by atoms with E-state index in [0.717, 1.165) is 6.42 Å². The molecular weight excluding hydrogens is 212 g/mol. The second kappa shape index (κ2) is 4.07. The molecule has 0 bridgehead atoms. The van der Waals surface area contributed by atoms with Crippen molar-refractivity contribution in [2.24, 2.45) is 0 Å². The second-order valence-corrected chi connectivity index (χ2v) is 6.36. The van der Waals surface area contributed by atoms with Gasteiger partial charge in [0.25, 0.3) is 0 Å². The summed E-state index contributed by atoms with van der Waals surface area (Å²) in [5, 5.41) is 2.81. The number of ketones is 1. The topological polar surface area (TPSA) is 17.1 Å². The SMILES string of the molecule is CC1SC(C(C)c2cccs2)CC1=O. The lowest BCUT2D eigenvalue weighted by Gasteiger charge is -2.15. The zero-order valence-electron chi connectivity index (χ0n) is 8.40. The summed E-state index contributed by atoms with van der Waals surface area (Å²) in [6, 6.07) is 4.25. The van der Waals surface area contributed by atoms with Crippen LogP contribution in [-0.2, 0) is 4.79 Å². The summed E-state index contributed by atoms with van der Waals surface area (Å²) in [5.74, 6) is 0.942. The van der Waals surface area contributed by atoms with E-state index in [0.29, 0.717) is 17.0 Å². The lowest BCUT2D eigenvalue weighted by atomic mass is 10.0. The highest BCUT2D eigenvalue weighted by atomic mass is 32.2. The molecule has 3 atom stereocenters. The molecule has 1 aliphatic heterocycles. The molecule has 0 N–H and O–H groups in total. The van der Waals surface area contributed by atoms with Crippen LogP contribution in [0.2, 0.25) is 0 Å². The zero-order chi connectivity index (χ0) is 10.1. The van der Waals surface area contributed by atoms with Crippen molar-refractivity contribution in [3.63, 3.8) is 0 Å². The lowest BCUT2D eigenvalue weighted by Crippen LogP contribution is -2.09. The van der Waals surface area contributed by atoms with Gasteiger partial charge in [-0.05, 0) is 18.4 Å². The van der Waals surface area contributed by atoms with Crippen molar-refractivity contribution in [1.29, 1.82) is 0 Å². The molecule has 2 heterocycles. The molecule has 0 spiro atoms. The summed E-state index contributed by atoms with van der Waals surface area (Å²) in [4.78, 5) is 12.8. The maximum absolute atomic E-state index is 11.4. The standard InChI is InChI=1S/C11H14OS2/c1-7(10-4-3-5-13-10)11-6-9(12)8(2)14-11/h3-5,7-8,11H,6H2,1-2H3. The van der Waals surface area contributed by atoms with E-state index in [4.69, 9.17) is 0 Å². The quantitative estimate of drug-likeness (QED) is 0.769. The molecule has 1 saturated heterocycles. The summed E-state index contributed by atoms with van der Waals surface area (Å²) in [6.07, 6.45) is 0.755. The average Bonchev–Trinajstić information content (AvgIpc) is 2.76. The van der Waals surface area contributed by atoms with Gasteiger partial charge in [-0.15, -0.1) is 23.1 Å². The van der Waals surface area contributed by atoms with Crippen LogP contribution in [0.25, 0.3) is 0 Å². The molecule has 0 radical (unpaired) electrons. The molecule has 0 aromatic carbocycles. The van der Waals surface area contributed by atoms with Gasteiger partial charge in [0.15, 0.2) is 0 Å². The van der Waals surface area contributed by atoms with Gasteiger partial charge in [-0.3, -0.25) is 4.79 Å². The van der Waals surface area contributed by atoms with E-state index in [1.165, 1.54) is 4.88 Å². The van der Waals surface area contributed by atoms with E-state index in [1.54, 1.807) is 11.3 Å². The highest BCUT2D eigenvalue weighted by Gasteiger charge is 2.33. The van der Waals surface area contributed by atoms with Crippen molar-refractivity contribution in [2.45, 2.75) is 36.7 Å². The Bertz CT molecular complexity index is 318. The minimum absolute atomic E-state index is 0.211. The van der Waals surface area contributed by atoms with Crippen molar-refractivity contribution >= 4 is 28.9 Å². The molecule has 2 rings (SSSR count). The highest BCUT2D eigenvalue weighted by molar-refractivity contribution is 8.01. The number of hydrogen-bond donors (Lipinski definition) is 0. The molecule has 14 heavy (non-hydrogen) atoms. The van der Waals surface area contributed by atoms with Crippen LogP contribution in [0.4, 0.5) is 0 Å². The fourth-order valence-electron chi connectivity index (χ4n) is 1.78. The van der Waals surface area contributed by atoms with Gasteiger partial charge < -0.3 is 0 Å². The molecule has 1 nitrogen and oxygen atoms in total. The van der Waals surface area contributed by atoms with Crippen LogP contribution in [0.5, 0.6) is 0 Å². The average molecular weight is 226 g/mol. The summed E-state index contributed by atoms with van der Waals surface area (Å²) >= 11 is 3.63. The Morgan fingerprint density at radius 2 is 2.36 bits per heavy atom. The van der Waals surface area contributed by atoms with Crippen molar-refractivity contribution < 1.29 is 4.79 Å². The van der Waals surface area contributed by atoms with Gasteiger partial charge in [0, 0.05) is 22.5 Å². The number of thioether (sulfide) groups is 1. The molecule has 76 valence electrons. The van der Waals surface area contributed by atoms with Crippen molar-refractivity contribution in [3.8, 4) is 0 Å². The second-order valence-electron chi connectivity index (χ2n) is 3.79. The van der Waals surface area contributed by atoms with Crippen LogP contribution in [0.15, 0.2) is 17.5 Å². The molecule has 1 aliphatic rings. The van der Waals surface area contributed by atoms with Gasteiger partial charge in [-0.1, -0.05) is 13.0 Å². The fraction of sp³-hybridized carbons (Fsp3) is 0.545. The molecule has 1 aromatic rings. The largest absolute Gasteiger partial charge is 0.298 e. The Morgan fingerprint density at radius 3 is 2.86 bits per heavy atom. The van der Waals surface area contributed by atoms with Gasteiger partial charge >= 0.3 is 0 Å². The van der Waals surface area contributed by atoms with Gasteiger partial charge in [0.1, 0.15) is 5.78 Å². The molecule has 3 unspecified atom stereocenters. The van der Waals surface area contributed by atoms with Crippen LogP contribution >= 0.6 is 23.1 Å². The molecule has 0 amide bonds. The summed E-state index contributed by atoms with van der Waals surface area (Å²) in [6.45, 7) is 4.25. The normalized spacial score (nSPS) is 29.4. The summed E-state index contributed by atoms with van der Waals surface area (Å²) in [5.41, 5.74) is 0. The third-order valence-electron chi connectivity index (χ3n) is 2.78. The number of rotatable bonds is 2. The van der Waals surface area contributed by atoms with Crippen LogP contribution in [0.3, 0.4) is 0 Å². The Morgan fingerprint density at radius 1 is 1.57 bits per heavy atom. The lowest BCUT2D eigenvalue weighted by molar-refractivity contribution is -0.117. The van der Waals surface area contributed by atoms with Crippen molar-refractivity contribution in [1.82, 2.24) is 0 Å². The number of thiophene rings is 1. The van der Waals surface area contributed by atoms with E-state index >= 15 is 0 Å². The molecule has 0 aliphatic carbocycles. The van der Waals surface area contributed by atoms with Crippen molar-refractivity contribution in [2.75, 3.05) is 0 Å². The number of carbonyl (C=O) groups is 1. The van der Waals surface area contributed by atoms with Crippen LogP contribution < -0.4 is 0 Å². The molecule has 1 aromatic heterocycles. The monoisotopic (exact) mass is 226 g/mol. The first-order valence-electron chi connectivity index (χ1n) is 4.90. The number of carbonyl (C=O) groups excluding carboxylic acids is 1. The number of Topliss-reactive ketones (excluding diaryl/α,β-unsaturated/α-hetero) is 1. The smallest absolute Gasteiger partial charge is 0.146 e. The van der Waals surface area contributed by atoms with Gasteiger partial charge in [-0.2, -0.15) is 0 Å². The van der Waals surface area contributed by atoms with Gasteiger partial charge in [-0.25, -0.2) is 0 Å². The minimum atomic E-state index is 0.211. The molecule has 0 saturated carbocycles. The Hall–Kier alpha value is -0.280. The van der Waals surface area contributed by atoms with Gasteiger partial charge in [0.2, 0.25) is 0 Å². The van der Waals surface area contributed by atoms with Gasteiger partial charge in [0.05, 0.1) is 5.25 Å². The highest BCUT2D eigenvalue weighted by Crippen LogP contribution is 2.40. The zero-order valence-corrected chi connectivity index (χ0v) is 10.0. The van der Waals surface area contributed by atoms with E-state index in [9.17, 15) is 4.79 Å². The van der Waals surface area contributed by atoms with E-state index in [1.807, 2.05) is 18.7 Å². The van der Waals surface area contributed by atoms with E-state index in [2.05, 4.69) is 24.4 Å². The van der Waals surface area contributed by atoms with Crippen molar-refractivity contribution in [3.05, 3.63) is 22.4 Å². The third kappa shape index (κ3) is 1.89. The summed E-state index contributed by atoms with van der Waals surface area (Å²) < 4.78 is 0. The van der Waals surface area contributed by atoms with E-state index < -0.39 is 0 Å². The Balaban J connectivity index is 2.07. The molecule has 1 fully saturated rings.